The van der Waals surface area contributed by atoms with Crippen LogP contribution in [-0.4, -0.2) is 21.7 Å². The molecule has 0 saturated heterocycles. The van der Waals surface area contributed by atoms with E-state index in [1.54, 1.807) is 18.2 Å². The number of furan rings is 2. The van der Waals surface area contributed by atoms with Crippen molar-refractivity contribution in [3.8, 4) is 0 Å². The number of hydrogen-bond acceptors (Lipinski definition) is 5. The predicted octanol–water partition coefficient (Wildman–Crippen LogP) is 3.96. The van der Waals surface area contributed by atoms with Gasteiger partial charge >= 0.3 is 0 Å². The molecule has 1 aromatic carbocycles. The van der Waals surface area contributed by atoms with Crippen molar-refractivity contribution in [1.82, 2.24) is 4.90 Å². The van der Waals surface area contributed by atoms with Gasteiger partial charge in [0.1, 0.15) is 5.76 Å². The van der Waals surface area contributed by atoms with Crippen LogP contribution in [-0.2, 0) is 11.3 Å². The van der Waals surface area contributed by atoms with Crippen LogP contribution in [0.3, 0.4) is 0 Å². The predicted molar refractivity (Wildman–Crippen MR) is 95.9 cm³/mol. The van der Waals surface area contributed by atoms with Gasteiger partial charge in [0.15, 0.2) is 11.5 Å². The fraction of sp³-hybridized carbons (Fsp3) is 0.143. The molecule has 3 heterocycles. The maximum Gasteiger partial charge on any atom is 0.290 e. The first-order valence-corrected chi connectivity index (χ1v) is 8.47. The van der Waals surface area contributed by atoms with E-state index in [2.05, 4.69) is 0 Å². The molecule has 6 heteroatoms. The van der Waals surface area contributed by atoms with Crippen LogP contribution in [0.15, 0.2) is 81.2 Å². The molecule has 0 fully saturated rings. The van der Waals surface area contributed by atoms with E-state index in [1.807, 2.05) is 31.2 Å². The second-order valence-corrected chi connectivity index (χ2v) is 6.39. The Bertz CT molecular complexity index is 998. The van der Waals surface area contributed by atoms with Gasteiger partial charge in [0.25, 0.3) is 5.91 Å². The maximum absolute atomic E-state index is 12.9. The van der Waals surface area contributed by atoms with E-state index in [0.29, 0.717) is 5.76 Å². The van der Waals surface area contributed by atoms with Gasteiger partial charge in [0.05, 0.1) is 30.7 Å². The zero-order valence-electron chi connectivity index (χ0n) is 14.6. The highest BCUT2D eigenvalue weighted by atomic mass is 16.3. The molecule has 1 N–H and O–H groups in total. The largest absolute Gasteiger partial charge is 0.503 e. The lowest BCUT2D eigenvalue weighted by Crippen LogP contribution is -2.30. The third-order valence-electron chi connectivity index (χ3n) is 4.59. The molecular formula is C21H17NO5. The van der Waals surface area contributed by atoms with Crippen LogP contribution in [0, 0.1) is 6.92 Å². The van der Waals surface area contributed by atoms with Gasteiger partial charge < -0.3 is 18.8 Å². The minimum Gasteiger partial charge on any atom is -0.503 e. The van der Waals surface area contributed by atoms with E-state index in [-0.39, 0.29) is 17.9 Å². The molecule has 1 atom stereocenters. The summed E-state index contributed by atoms with van der Waals surface area (Å²) in [5.74, 6) is -1.07. The van der Waals surface area contributed by atoms with E-state index in [0.717, 1.165) is 11.1 Å². The van der Waals surface area contributed by atoms with Crippen LogP contribution in [0.25, 0.3) is 0 Å². The van der Waals surface area contributed by atoms with Gasteiger partial charge in [-0.05, 0) is 36.8 Å². The van der Waals surface area contributed by atoms with Crippen molar-refractivity contribution in [3.63, 3.8) is 0 Å². The second kappa shape index (κ2) is 6.64. The standard InChI is InChI=1S/C21H17NO5/c1-13-6-8-14(9-7-13)18-17(19(23)16-5-3-11-27-16)20(24)21(25)22(18)12-15-4-2-10-26-15/h2-11,18,24H,12H2,1H3. The molecule has 4 rings (SSSR count). The molecule has 3 aromatic rings. The zero-order valence-corrected chi connectivity index (χ0v) is 14.6. The summed E-state index contributed by atoms with van der Waals surface area (Å²) in [6.45, 7) is 2.08. The van der Waals surface area contributed by atoms with Crippen molar-refractivity contribution in [3.05, 3.63) is 95.0 Å². The number of Topliss-reactive ketones (excluding diaryl/α,β-unsaturated/α-hetero) is 1. The van der Waals surface area contributed by atoms with Crippen LogP contribution in [0.2, 0.25) is 0 Å². The van der Waals surface area contributed by atoms with Crippen LogP contribution in [0.1, 0.15) is 33.5 Å². The Morgan fingerprint density at radius 1 is 1.07 bits per heavy atom. The van der Waals surface area contributed by atoms with Gasteiger partial charge in [-0.1, -0.05) is 29.8 Å². The summed E-state index contributed by atoms with van der Waals surface area (Å²) in [5, 5.41) is 10.5. The number of amides is 1. The zero-order chi connectivity index (χ0) is 19.0. The summed E-state index contributed by atoms with van der Waals surface area (Å²) in [4.78, 5) is 27.1. The van der Waals surface area contributed by atoms with Gasteiger partial charge in [-0.25, -0.2) is 0 Å². The van der Waals surface area contributed by atoms with E-state index in [1.165, 1.54) is 23.5 Å². The average Bonchev–Trinajstić information content (AvgIpc) is 3.41. The molecular weight excluding hydrogens is 346 g/mol. The number of benzene rings is 1. The minimum absolute atomic E-state index is 0.00496. The van der Waals surface area contributed by atoms with Crippen molar-refractivity contribution < 1.29 is 23.5 Å². The van der Waals surface area contributed by atoms with Crippen LogP contribution < -0.4 is 0 Å². The maximum atomic E-state index is 12.9. The van der Waals surface area contributed by atoms with E-state index in [9.17, 15) is 14.7 Å². The van der Waals surface area contributed by atoms with Gasteiger partial charge in [-0.2, -0.15) is 0 Å². The first-order chi connectivity index (χ1) is 13.1. The SMILES string of the molecule is Cc1ccc(C2C(C(=O)c3ccco3)=C(O)C(=O)N2Cc2ccco2)cc1. The highest BCUT2D eigenvalue weighted by molar-refractivity contribution is 6.14. The number of aryl methyl sites for hydroxylation is 1. The van der Waals surface area contributed by atoms with Crippen molar-refractivity contribution in [1.29, 1.82) is 0 Å². The topological polar surface area (TPSA) is 83.9 Å². The molecule has 27 heavy (non-hydrogen) atoms. The molecule has 0 saturated carbocycles. The summed E-state index contributed by atoms with van der Waals surface area (Å²) < 4.78 is 10.5. The Labute approximate surface area is 155 Å². The summed E-state index contributed by atoms with van der Waals surface area (Å²) in [6, 6.07) is 13.3. The number of hydrogen-bond donors (Lipinski definition) is 1. The molecule has 1 aliphatic heterocycles. The van der Waals surface area contributed by atoms with Crippen molar-refractivity contribution in [2.75, 3.05) is 0 Å². The molecule has 2 aromatic heterocycles. The van der Waals surface area contributed by atoms with Crippen molar-refractivity contribution in [2.45, 2.75) is 19.5 Å². The monoisotopic (exact) mass is 363 g/mol. The van der Waals surface area contributed by atoms with Crippen molar-refractivity contribution >= 4 is 11.7 Å². The van der Waals surface area contributed by atoms with E-state index in [4.69, 9.17) is 8.83 Å². The van der Waals surface area contributed by atoms with Crippen molar-refractivity contribution in [2.24, 2.45) is 0 Å². The van der Waals surface area contributed by atoms with Gasteiger partial charge in [0, 0.05) is 0 Å². The number of nitrogens with zero attached hydrogens (tertiary/aromatic N) is 1. The minimum atomic E-state index is -0.735. The summed E-state index contributed by atoms with van der Waals surface area (Å²) in [6.07, 6.45) is 2.89. The molecule has 136 valence electrons. The van der Waals surface area contributed by atoms with E-state index < -0.39 is 23.5 Å². The van der Waals surface area contributed by atoms with Gasteiger partial charge in [0.2, 0.25) is 5.78 Å². The van der Waals surface area contributed by atoms with Gasteiger partial charge in [-0.3, -0.25) is 9.59 Å². The van der Waals surface area contributed by atoms with Gasteiger partial charge in [-0.15, -0.1) is 0 Å². The highest BCUT2D eigenvalue weighted by Crippen LogP contribution is 2.40. The third-order valence-corrected chi connectivity index (χ3v) is 4.59. The Hall–Kier alpha value is -3.54. The second-order valence-electron chi connectivity index (χ2n) is 6.39. The average molecular weight is 363 g/mol. The third kappa shape index (κ3) is 2.95. The number of aliphatic hydroxyl groups is 1. The Kier molecular flexibility index (Phi) is 4.16. The molecule has 0 spiro atoms. The summed E-state index contributed by atoms with van der Waals surface area (Å²) >= 11 is 0. The molecule has 6 nitrogen and oxygen atoms in total. The smallest absolute Gasteiger partial charge is 0.290 e. The Morgan fingerprint density at radius 2 is 1.78 bits per heavy atom. The van der Waals surface area contributed by atoms with Crippen LogP contribution >= 0.6 is 0 Å². The number of ketones is 1. The summed E-state index contributed by atoms with van der Waals surface area (Å²) in [7, 11) is 0. The molecule has 1 unspecified atom stereocenters. The quantitative estimate of drug-likeness (QED) is 0.694. The Balaban J connectivity index is 1.80. The number of rotatable bonds is 5. The lowest BCUT2D eigenvalue weighted by Gasteiger charge is -2.26. The fourth-order valence-electron chi connectivity index (χ4n) is 3.25. The number of carbonyl (C=O) groups excluding carboxylic acids is 2. The molecule has 1 aliphatic rings. The number of aliphatic hydroxyl groups excluding tert-OH is 1. The first kappa shape index (κ1) is 16.9. The lowest BCUT2D eigenvalue weighted by molar-refractivity contribution is -0.130. The summed E-state index contributed by atoms with van der Waals surface area (Å²) in [5.41, 5.74) is 1.78. The van der Waals surface area contributed by atoms with Crippen LogP contribution in [0.4, 0.5) is 0 Å². The number of carbonyl (C=O) groups is 2. The molecule has 1 amide bonds. The lowest BCUT2D eigenvalue weighted by atomic mass is 9.94. The molecule has 0 aliphatic carbocycles. The van der Waals surface area contributed by atoms with Crippen LogP contribution in [0.5, 0.6) is 0 Å². The Morgan fingerprint density at radius 3 is 2.41 bits per heavy atom. The fourth-order valence-corrected chi connectivity index (χ4v) is 3.25. The molecule has 0 bridgehead atoms. The first-order valence-electron chi connectivity index (χ1n) is 8.47. The highest BCUT2D eigenvalue weighted by Gasteiger charge is 2.44. The normalized spacial score (nSPS) is 17.0. The molecule has 0 radical (unpaired) electrons. The van der Waals surface area contributed by atoms with E-state index >= 15 is 0 Å².